The number of terminal acetylenes is 2. The van der Waals surface area contributed by atoms with E-state index in [-0.39, 0.29) is 12.4 Å². The zero-order valence-corrected chi connectivity index (χ0v) is 10.5. The zero-order chi connectivity index (χ0) is 11.4. The molecule has 1 aromatic rings. The molecule has 0 saturated carbocycles. The van der Waals surface area contributed by atoms with Crippen molar-refractivity contribution in [3.05, 3.63) is 35.4 Å². The lowest BCUT2D eigenvalue weighted by atomic mass is 10.1. The molecular weight excluding hydrogens is 230 g/mol. The molecule has 0 heterocycles. The Kier molecular flexibility index (Phi) is 5.11. The molecule has 1 aliphatic rings. The minimum Gasteiger partial charge on any atom is -0.274 e. The van der Waals surface area contributed by atoms with Crippen LogP contribution in [0.4, 0.5) is 0 Å². The Morgan fingerprint density at radius 1 is 1.18 bits per heavy atom. The fraction of sp³-hybridized carbons (Fsp3) is 0.333. The fourth-order valence-corrected chi connectivity index (χ4v) is 2.42. The molecule has 1 aliphatic carbocycles. The van der Waals surface area contributed by atoms with E-state index in [9.17, 15) is 0 Å². The minimum absolute atomic E-state index is 0. The molecule has 0 saturated heterocycles. The van der Waals surface area contributed by atoms with E-state index >= 15 is 0 Å². The highest BCUT2D eigenvalue weighted by Crippen LogP contribution is 2.35. The maximum Gasteiger partial charge on any atom is 0.0613 e. The van der Waals surface area contributed by atoms with E-state index in [0.717, 1.165) is 12.8 Å². The molecule has 2 heteroatoms. The number of halogens is 1. The van der Waals surface area contributed by atoms with Crippen molar-refractivity contribution >= 4 is 12.4 Å². The quantitative estimate of drug-likeness (QED) is 0.741. The van der Waals surface area contributed by atoms with Crippen molar-refractivity contribution in [1.82, 2.24) is 4.90 Å². The smallest absolute Gasteiger partial charge is 0.0613 e. The lowest BCUT2D eigenvalue weighted by Crippen LogP contribution is -2.28. The van der Waals surface area contributed by atoms with Gasteiger partial charge in [0.05, 0.1) is 13.1 Å². The van der Waals surface area contributed by atoms with Crippen molar-refractivity contribution in [2.24, 2.45) is 0 Å². The van der Waals surface area contributed by atoms with Crippen LogP contribution in [0.1, 0.15) is 23.6 Å². The van der Waals surface area contributed by atoms with Gasteiger partial charge in [-0.05, 0) is 24.0 Å². The summed E-state index contributed by atoms with van der Waals surface area (Å²) >= 11 is 0. The van der Waals surface area contributed by atoms with Gasteiger partial charge in [-0.15, -0.1) is 25.3 Å². The van der Waals surface area contributed by atoms with Crippen LogP contribution in [0.25, 0.3) is 0 Å². The number of rotatable bonds is 3. The molecule has 0 aromatic heterocycles. The lowest BCUT2D eigenvalue weighted by Gasteiger charge is -2.25. The molecule has 1 aromatic carbocycles. The van der Waals surface area contributed by atoms with Gasteiger partial charge in [-0.3, -0.25) is 4.90 Å². The average Bonchev–Trinajstić information content (AvgIpc) is 2.72. The summed E-state index contributed by atoms with van der Waals surface area (Å²) in [5.74, 6) is 5.38. The number of hydrogen-bond donors (Lipinski definition) is 0. The second kappa shape index (κ2) is 6.36. The zero-order valence-electron chi connectivity index (χ0n) is 9.73. The van der Waals surface area contributed by atoms with E-state index < -0.39 is 0 Å². The topological polar surface area (TPSA) is 3.24 Å². The van der Waals surface area contributed by atoms with E-state index in [1.165, 1.54) is 11.1 Å². The molecule has 0 spiro atoms. The molecule has 1 nitrogen and oxygen atoms in total. The van der Waals surface area contributed by atoms with Gasteiger partial charge in [-0.2, -0.15) is 0 Å². The molecule has 0 radical (unpaired) electrons. The van der Waals surface area contributed by atoms with E-state index in [1.54, 1.807) is 0 Å². The number of benzene rings is 1. The van der Waals surface area contributed by atoms with Crippen molar-refractivity contribution in [1.29, 1.82) is 0 Å². The molecule has 0 aliphatic heterocycles. The molecule has 1 atom stereocenters. The second-order valence-corrected chi connectivity index (χ2v) is 4.07. The Morgan fingerprint density at radius 2 is 1.82 bits per heavy atom. The van der Waals surface area contributed by atoms with Gasteiger partial charge < -0.3 is 0 Å². The van der Waals surface area contributed by atoms with Gasteiger partial charge in [-0.1, -0.05) is 36.1 Å². The van der Waals surface area contributed by atoms with Crippen LogP contribution in [0, 0.1) is 24.7 Å². The Hall–Kier alpha value is -1.41. The summed E-state index contributed by atoms with van der Waals surface area (Å²) in [6.45, 7) is 1.26. The molecule has 88 valence electrons. The summed E-state index contributed by atoms with van der Waals surface area (Å²) in [4.78, 5) is 2.20. The standard InChI is InChI=1S/C15H15N.ClH/c1-3-11-16(12-4-2)15-10-9-13-7-5-6-8-14(13)15;/h1-2,5-8,15H,9-12H2;1H. The fourth-order valence-electron chi connectivity index (χ4n) is 2.42. The van der Waals surface area contributed by atoms with Gasteiger partial charge in [0.15, 0.2) is 0 Å². The number of nitrogens with zero attached hydrogens (tertiary/aromatic N) is 1. The highest BCUT2D eigenvalue weighted by molar-refractivity contribution is 5.85. The average molecular weight is 246 g/mol. The normalized spacial score (nSPS) is 16.8. The molecular formula is C15H16ClN. The molecule has 2 rings (SSSR count). The number of fused-ring (bicyclic) bond motifs is 1. The highest BCUT2D eigenvalue weighted by Gasteiger charge is 2.26. The molecule has 0 amide bonds. The van der Waals surface area contributed by atoms with Crippen LogP contribution in [0.2, 0.25) is 0 Å². The lowest BCUT2D eigenvalue weighted by molar-refractivity contribution is 0.250. The largest absolute Gasteiger partial charge is 0.274 e. The van der Waals surface area contributed by atoms with Gasteiger partial charge >= 0.3 is 0 Å². The van der Waals surface area contributed by atoms with Gasteiger partial charge in [0, 0.05) is 6.04 Å². The Morgan fingerprint density at radius 3 is 2.47 bits per heavy atom. The molecule has 17 heavy (non-hydrogen) atoms. The predicted octanol–water partition coefficient (Wildman–Crippen LogP) is 2.66. The van der Waals surface area contributed by atoms with Crippen molar-refractivity contribution in [2.75, 3.05) is 13.1 Å². The molecule has 0 bridgehead atoms. The summed E-state index contributed by atoms with van der Waals surface area (Å²) in [7, 11) is 0. The summed E-state index contributed by atoms with van der Waals surface area (Å²) in [6, 6.07) is 8.96. The first-order valence-electron chi connectivity index (χ1n) is 5.55. The summed E-state index contributed by atoms with van der Waals surface area (Å²) in [5.41, 5.74) is 2.83. The summed E-state index contributed by atoms with van der Waals surface area (Å²) < 4.78 is 0. The Labute approximate surface area is 110 Å². The van der Waals surface area contributed by atoms with Crippen LogP contribution in [0.5, 0.6) is 0 Å². The SMILES string of the molecule is C#CCN(CC#C)C1CCc2ccccc21.Cl. The van der Waals surface area contributed by atoms with Crippen LogP contribution < -0.4 is 0 Å². The Bertz CT molecular complexity index is 437. The van der Waals surface area contributed by atoms with Crippen LogP contribution in [0.15, 0.2) is 24.3 Å². The predicted molar refractivity (Wildman–Crippen MR) is 74.0 cm³/mol. The van der Waals surface area contributed by atoms with E-state index in [1.807, 2.05) is 0 Å². The first-order valence-corrected chi connectivity index (χ1v) is 5.55. The van der Waals surface area contributed by atoms with Crippen LogP contribution in [0.3, 0.4) is 0 Å². The second-order valence-electron chi connectivity index (χ2n) is 4.07. The first kappa shape index (κ1) is 13.7. The molecule has 0 N–H and O–H groups in total. The first-order chi connectivity index (χ1) is 7.86. The monoisotopic (exact) mass is 245 g/mol. The van der Waals surface area contributed by atoms with E-state index in [2.05, 4.69) is 41.0 Å². The van der Waals surface area contributed by atoms with E-state index in [0.29, 0.717) is 19.1 Å². The minimum atomic E-state index is 0. The third kappa shape index (κ3) is 2.83. The number of aryl methyl sites for hydroxylation is 1. The third-order valence-corrected chi connectivity index (χ3v) is 3.13. The summed E-state index contributed by atoms with van der Waals surface area (Å²) in [5, 5.41) is 0. The van der Waals surface area contributed by atoms with Crippen LogP contribution in [-0.2, 0) is 6.42 Å². The van der Waals surface area contributed by atoms with Gasteiger partial charge in [0.25, 0.3) is 0 Å². The Balaban J connectivity index is 0.00000144. The maximum atomic E-state index is 5.39. The van der Waals surface area contributed by atoms with Crippen molar-refractivity contribution in [2.45, 2.75) is 18.9 Å². The van der Waals surface area contributed by atoms with Crippen molar-refractivity contribution in [3.8, 4) is 24.7 Å². The van der Waals surface area contributed by atoms with Gasteiger partial charge in [0.2, 0.25) is 0 Å². The van der Waals surface area contributed by atoms with Crippen molar-refractivity contribution in [3.63, 3.8) is 0 Å². The maximum absolute atomic E-state index is 5.39. The molecule has 0 fully saturated rings. The van der Waals surface area contributed by atoms with E-state index in [4.69, 9.17) is 12.8 Å². The van der Waals surface area contributed by atoms with Crippen LogP contribution in [-0.4, -0.2) is 18.0 Å². The van der Waals surface area contributed by atoms with Gasteiger partial charge in [-0.25, -0.2) is 0 Å². The van der Waals surface area contributed by atoms with Crippen LogP contribution >= 0.6 is 12.4 Å². The summed E-state index contributed by atoms with van der Waals surface area (Å²) in [6.07, 6.45) is 13.0. The molecule has 1 unspecified atom stereocenters. The van der Waals surface area contributed by atoms with Gasteiger partial charge in [0.1, 0.15) is 0 Å². The highest BCUT2D eigenvalue weighted by atomic mass is 35.5. The number of hydrogen-bond acceptors (Lipinski definition) is 1. The van der Waals surface area contributed by atoms with Crippen molar-refractivity contribution < 1.29 is 0 Å². The third-order valence-electron chi connectivity index (χ3n) is 3.13.